The van der Waals surface area contributed by atoms with Crippen LogP contribution >= 0.6 is 0 Å². The second-order valence-electron chi connectivity index (χ2n) is 15.4. The minimum atomic E-state index is -2.15. The molecule has 5 heterocycles. The fourth-order valence-corrected chi connectivity index (χ4v) is 7.77. The highest BCUT2D eigenvalue weighted by atomic mass is 16.8. The summed E-state index contributed by atoms with van der Waals surface area (Å²) >= 11 is 0. The van der Waals surface area contributed by atoms with Gasteiger partial charge in [0.25, 0.3) is 0 Å². The molecule has 0 saturated carbocycles. The number of hydrogen-bond donors (Lipinski definition) is 16. The van der Waals surface area contributed by atoms with Crippen molar-refractivity contribution in [1.82, 2.24) is 10.6 Å². The molecule has 5 aliphatic rings. The van der Waals surface area contributed by atoms with Crippen molar-refractivity contribution < 1.29 is 124 Å². The van der Waals surface area contributed by atoms with Gasteiger partial charge >= 0.3 is 0 Å². The number of carbonyl (C=O) groups is 2. The molecule has 27 heteroatoms. The van der Waals surface area contributed by atoms with Crippen LogP contribution < -0.4 is 10.6 Å². The van der Waals surface area contributed by atoms with E-state index in [1.807, 2.05) is 0 Å². The Morgan fingerprint density at radius 2 is 0.852 bits per heavy atom. The minimum Gasteiger partial charge on any atom is -0.394 e. The van der Waals surface area contributed by atoms with Crippen LogP contribution in [-0.4, -0.2) is 263 Å². The van der Waals surface area contributed by atoms with Gasteiger partial charge in [-0.1, -0.05) is 0 Å². The van der Waals surface area contributed by atoms with E-state index in [1.165, 1.54) is 6.92 Å². The zero-order valence-corrected chi connectivity index (χ0v) is 33.0. The van der Waals surface area contributed by atoms with Crippen LogP contribution in [-0.2, 0) is 52.2 Å². The molecule has 25 atom stereocenters. The molecule has 0 bridgehead atoms. The third-order valence-corrected chi connectivity index (χ3v) is 11.1. The van der Waals surface area contributed by atoms with Crippen molar-refractivity contribution in [1.29, 1.82) is 0 Å². The highest BCUT2D eigenvalue weighted by Crippen LogP contribution is 2.36. The van der Waals surface area contributed by atoms with Crippen LogP contribution in [0.2, 0.25) is 0 Å². The molecule has 61 heavy (non-hydrogen) atoms. The Balaban J connectivity index is 1.42. The lowest BCUT2D eigenvalue weighted by Crippen LogP contribution is -2.70. The van der Waals surface area contributed by atoms with E-state index in [0.717, 1.165) is 13.8 Å². The molecule has 0 spiro atoms. The van der Waals surface area contributed by atoms with Gasteiger partial charge in [-0.2, -0.15) is 0 Å². The first kappa shape index (κ1) is 50.0. The summed E-state index contributed by atoms with van der Waals surface area (Å²) in [5.41, 5.74) is 0. The molecule has 354 valence electrons. The van der Waals surface area contributed by atoms with Crippen molar-refractivity contribution in [3.63, 3.8) is 0 Å². The lowest BCUT2D eigenvalue weighted by molar-refractivity contribution is -0.385. The SMILES string of the molecule is CC(=O)N[C@H]1[C@H](O[C@H]2[C@@H](O)[C@@H](CO)O[C@@H](O[C@H]3[C@H](O[C@@H]4O[C@@H](C)[C@@H](O)[C@@H](O)[C@@H]4O)[C@@H](NC(C)=O)C(O)O[C@@H]3CO)[C@@H]2O)O[C@H](CO)[C@@H](O[C@@H]2O[C@H](CO)[C@H](O)[C@H](O)[C@H]2O)[C@@H]1O. The quantitative estimate of drug-likeness (QED) is 0.0770. The predicted molar refractivity (Wildman–Crippen MR) is 188 cm³/mol. The largest absolute Gasteiger partial charge is 0.394 e. The molecule has 0 radical (unpaired) electrons. The van der Waals surface area contributed by atoms with Gasteiger partial charge in [0.1, 0.15) is 116 Å². The molecule has 16 N–H and O–H groups in total. The van der Waals surface area contributed by atoms with Gasteiger partial charge in [0.2, 0.25) is 11.8 Å². The highest BCUT2D eigenvalue weighted by molar-refractivity contribution is 5.73. The normalized spacial score (nSPS) is 49.6. The summed E-state index contributed by atoms with van der Waals surface area (Å²) in [4.78, 5) is 24.7. The van der Waals surface area contributed by atoms with E-state index in [1.54, 1.807) is 0 Å². The molecule has 0 aromatic carbocycles. The van der Waals surface area contributed by atoms with Crippen LogP contribution in [0, 0.1) is 0 Å². The fourth-order valence-electron chi connectivity index (χ4n) is 7.77. The number of hydrogen-bond acceptors (Lipinski definition) is 25. The molecule has 1 unspecified atom stereocenters. The number of amides is 2. The zero-order valence-electron chi connectivity index (χ0n) is 33.0. The summed E-state index contributed by atoms with van der Waals surface area (Å²) < 4.78 is 51.6. The number of ether oxygens (including phenoxy) is 9. The summed E-state index contributed by atoms with van der Waals surface area (Å²) in [6, 6.07) is -3.28. The Morgan fingerprint density at radius 1 is 0.426 bits per heavy atom. The van der Waals surface area contributed by atoms with Crippen molar-refractivity contribution in [2.45, 2.75) is 174 Å². The lowest BCUT2D eigenvalue weighted by Gasteiger charge is -2.51. The van der Waals surface area contributed by atoms with Gasteiger partial charge in [0.05, 0.1) is 32.5 Å². The molecule has 5 rings (SSSR count). The van der Waals surface area contributed by atoms with E-state index < -0.39 is 192 Å². The van der Waals surface area contributed by atoms with Crippen LogP contribution in [0.1, 0.15) is 20.8 Å². The van der Waals surface area contributed by atoms with Crippen LogP contribution in [0.3, 0.4) is 0 Å². The first-order chi connectivity index (χ1) is 28.8. The van der Waals surface area contributed by atoms with Gasteiger partial charge in [-0.3, -0.25) is 9.59 Å². The van der Waals surface area contributed by atoms with Crippen molar-refractivity contribution in [2.75, 3.05) is 26.4 Å². The van der Waals surface area contributed by atoms with Crippen LogP contribution in [0.15, 0.2) is 0 Å². The van der Waals surface area contributed by atoms with E-state index >= 15 is 0 Å². The van der Waals surface area contributed by atoms with E-state index in [0.29, 0.717) is 0 Å². The maximum Gasteiger partial charge on any atom is 0.217 e. The maximum absolute atomic E-state index is 12.4. The molecular weight excluding hydrogens is 836 g/mol. The van der Waals surface area contributed by atoms with E-state index in [4.69, 9.17) is 42.6 Å². The Kier molecular flexibility index (Phi) is 17.5. The Labute approximate surface area is 346 Å². The van der Waals surface area contributed by atoms with Crippen LogP contribution in [0.5, 0.6) is 0 Å². The second kappa shape index (κ2) is 21.3. The van der Waals surface area contributed by atoms with Crippen molar-refractivity contribution in [3.8, 4) is 0 Å². The van der Waals surface area contributed by atoms with E-state index in [9.17, 15) is 81.1 Å². The van der Waals surface area contributed by atoms with Gasteiger partial charge in [-0.25, -0.2) is 0 Å². The topological polar surface area (TPSA) is 424 Å². The fraction of sp³-hybridized carbons (Fsp3) is 0.941. The monoisotopic (exact) mass is 894 g/mol. The third-order valence-electron chi connectivity index (χ3n) is 11.1. The molecule has 2 amide bonds. The van der Waals surface area contributed by atoms with Gasteiger partial charge < -0.3 is 125 Å². The van der Waals surface area contributed by atoms with E-state index in [2.05, 4.69) is 10.6 Å². The molecule has 0 aliphatic carbocycles. The first-order valence-electron chi connectivity index (χ1n) is 19.5. The summed E-state index contributed by atoms with van der Waals surface area (Å²) in [7, 11) is 0. The van der Waals surface area contributed by atoms with Crippen molar-refractivity contribution in [3.05, 3.63) is 0 Å². The maximum atomic E-state index is 12.4. The minimum absolute atomic E-state index is 0.743. The Hall–Kier alpha value is -1.98. The predicted octanol–water partition coefficient (Wildman–Crippen LogP) is -10.6. The van der Waals surface area contributed by atoms with Crippen molar-refractivity contribution in [2.24, 2.45) is 0 Å². The van der Waals surface area contributed by atoms with Gasteiger partial charge in [-0.05, 0) is 6.92 Å². The third kappa shape index (κ3) is 10.8. The van der Waals surface area contributed by atoms with Crippen LogP contribution in [0.4, 0.5) is 0 Å². The van der Waals surface area contributed by atoms with Crippen LogP contribution in [0.25, 0.3) is 0 Å². The number of nitrogens with one attached hydrogen (secondary N) is 2. The number of carbonyl (C=O) groups excluding carboxylic acids is 2. The second-order valence-corrected chi connectivity index (χ2v) is 15.4. The smallest absolute Gasteiger partial charge is 0.217 e. The number of aliphatic hydroxyl groups excluding tert-OH is 14. The molecule has 5 fully saturated rings. The molecule has 5 saturated heterocycles. The van der Waals surface area contributed by atoms with Gasteiger partial charge in [0.15, 0.2) is 31.5 Å². The van der Waals surface area contributed by atoms with E-state index in [-0.39, 0.29) is 0 Å². The molecule has 27 nitrogen and oxygen atoms in total. The average molecular weight is 895 g/mol. The standard InChI is InChI=1S/C34H58N2O25/c1-8-17(43)21(47)23(49)32(53-8)60-28-16(36-10(3)42)30(52)54-14(7-40)27(28)59-34-25(51)29(19(45)12(5-38)56-34)61-31-15(35-9(2)41)20(46)26(13(6-39)57-31)58-33-24(50)22(48)18(44)11(4-37)55-33/h8,11-34,37-40,43-52H,4-7H2,1-3H3,(H,35,41)(H,36,42)/t8-,11+,12+,13+,14+,15+,16+,17+,18-,19-,20+,21+,22-,23-,24+,25+,26+,27+,28+,29-,30?,31-,32-,33-,34-/m0/s1. The number of aliphatic hydroxyl groups is 14. The summed E-state index contributed by atoms with van der Waals surface area (Å²) in [6.45, 7) is -0.245. The molecular formula is C34H58N2O25. The summed E-state index contributed by atoms with van der Waals surface area (Å²) in [5, 5.41) is 153. The molecule has 0 aromatic rings. The number of rotatable bonds is 14. The average Bonchev–Trinajstić information content (AvgIpc) is 3.22. The van der Waals surface area contributed by atoms with Gasteiger partial charge in [-0.15, -0.1) is 0 Å². The van der Waals surface area contributed by atoms with Crippen molar-refractivity contribution >= 4 is 11.8 Å². The Morgan fingerprint density at radius 3 is 1.41 bits per heavy atom. The lowest BCUT2D eigenvalue weighted by atomic mass is 9.94. The summed E-state index contributed by atoms with van der Waals surface area (Å²) in [6.07, 6.45) is -40.9. The summed E-state index contributed by atoms with van der Waals surface area (Å²) in [5.74, 6) is -1.54. The first-order valence-corrected chi connectivity index (χ1v) is 19.5. The van der Waals surface area contributed by atoms with Gasteiger partial charge in [0, 0.05) is 13.8 Å². The zero-order chi connectivity index (χ0) is 45.2. The molecule has 0 aromatic heterocycles. The Bertz CT molecular complexity index is 1420. The highest BCUT2D eigenvalue weighted by Gasteiger charge is 2.57. The molecule has 5 aliphatic heterocycles.